The molecule has 0 aliphatic heterocycles. The first-order valence-corrected chi connectivity index (χ1v) is 3.47. The van der Waals surface area contributed by atoms with Gasteiger partial charge in [-0.1, -0.05) is 0 Å². The lowest BCUT2D eigenvalue weighted by Crippen LogP contribution is -2.51. The number of nitriles is 1. The normalized spacial score (nSPS) is 10.5. The van der Waals surface area contributed by atoms with E-state index in [0.717, 1.165) is 0 Å². The molecule has 0 aliphatic carbocycles. The third-order valence-electron chi connectivity index (χ3n) is 1.38. The van der Waals surface area contributed by atoms with Gasteiger partial charge in [-0.3, -0.25) is 4.79 Å². The van der Waals surface area contributed by atoms with Crippen molar-refractivity contribution in [2.45, 2.75) is 18.9 Å². The zero-order chi connectivity index (χ0) is 9.61. The van der Waals surface area contributed by atoms with Crippen LogP contribution in [0.5, 0.6) is 0 Å². The number of amides is 1. The number of carbonyl (C=O) groups is 1. The monoisotopic (exact) mass is 172 g/mol. The van der Waals surface area contributed by atoms with Crippen molar-refractivity contribution in [2.24, 2.45) is 0 Å². The third-order valence-corrected chi connectivity index (χ3v) is 1.38. The number of nitrogens with zero attached hydrogens (tertiary/aromatic N) is 1. The van der Waals surface area contributed by atoms with Gasteiger partial charge in [-0.2, -0.15) is 5.26 Å². The number of aliphatic hydroxyl groups excluding tert-OH is 2. The molecule has 0 unspecified atom stereocenters. The minimum absolute atomic E-state index is 0.268. The highest BCUT2D eigenvalue weighted by molar-refractivity contribution is 5.78. The van der Waals surface area contributed by atoms with Gasteiger partial charge >= 0.3 is 0 Å². The van der Waals surface area contributed by atoms with Crippen molar-refractivity contribution < 1.29 is 15.0 Å². The molecular weight excluding hydrogens is 160 g/mol. The SMILES string of the molecule is CC(CO)(CO)NC(=O)CC#N. The Morgan fingerprint density at radius 1 is 1.58 bits per heavy atom. The second-order valence-corrected chi connectivity index (χ2v) is 2.76. The molecule has 12 heavy (non-hydrogen) atoms. The van der Waals surface area contributed by atoms with Crippen molar-refractivity contribution >= 4 is 5.91 Å². The fraction of sp³-hybridized carbons (Fsp3) is 0.714. The van der Waals surface area contributed by atoms with E-state index in [1.54, 1.807) is 6.07 Å². The van der Waals surface area contributed by atoms with Crippen molar-refractivity contribution in [1.82, 2.24) is 5.32 Å². The molecule has 0 spiro atoms. The summed E-state index contributed by atoms with van der Waals surface area (Å²) < 4.78 is 0. The van der Waals surface area contributed by atoms with Gasteiger partial charge < -0.3 is 15.5 Å². The van der Waals surface area contributed by atoms with Gasteiger partial charge in [-0.15, -0.1) is 0 Å². The minimum Gasteiger partial charge on any atom is -0.394 e. The molecule has 0 saturated heterocycles. The molecule has 0 rings (SSSR count). The second kappa shape index (κ2) is 4.70. The average molecular weight is 172 g/mol. The van der Waals surface area contributed by atoms with Gasteiger partial charge in [-0.25, -0.2) is 0 Å². The maximum absolute atomic E-state index is 10.8. The maximum Gasteiger partial charge on any atom is 0.234 e. The van der Waals surface area contributed by atoms with E-state index in [2.05, 4.69) is 5.32 Å². The quantitative estimate of drug-likeness (QED) is 0.494. The van der Waals surface area contributed by atoms with Gasteiger partial charge in [0.15, 0.2) is 0 Å². The van der Waals surface area contributed by atoms with Gasteiger partial charge in [0.25, 0.3) is 0 Å². The smallest absolute Gasteiger partial charge is 0.234 e. The molecule has 3 N–H and O–H groups in total. The molecule has 68 valence electrons. The lowest BCUT2D eigenvalue weighted by Gasteiger charge is -2.25. The Labute approximate surface area is 70.6 Å². The van der Waals surface area contributed by atoms with Crippen molar-refractivity contribution in [3.05, 3.63) is 0 Å². The highest BCUT2D eigenvalue weighted by Crippen LogP contribution is 2.00. The standard InChI is InChI=1S/C7H12N2O3/c1-7(4-10,5-11)9-6(12)2-3-8/h10-11H,2,4-5H2,1H3,(H,9,12). The molecule has 5 heteroatoms. The van der Waals surface area contributed by atoms with E-state index in [4.69, 9.17) is 15.5 Å². The molecule has 0 aromatic heterocycles. The summed E-state index contributed by atoms with van der Waals surface area (Å²) in [7, 11) is 0. The first-order valence-electron chi connectivity index (χ1n) is 3.47. The molecule has 0 aromatic rings. The topological polar surface area (TPSA) is 93.3 Å². The first-order chi connectivity index (χ1) is 5.58. The summed E-state index contributed by atoms with van der Waals surface area (Å²) in [6.45, 7) is 0.767. The van der Waals surface area contributed by atoms with Crippen LogP contribution in [0.3, 0.4) is 0 Å². The number of hydrogen-bond donors (Lipinski definition) is 3. The van der Waals surface area contributed by atoms with Gasteiger partial charge in [-0.05, 0) is 6.92 Å². The third kappa shape index (κ3) is 3.32. The van der Waals surface area contributed by atoms with Gasteiger partial charge in [0.05, 0.1) is 24.8 Å². The Bertz CT molecular complexity index is 193. The minimum atomic E-state index is -1.03. The molecule has 0 radical (unpaired) electrons. The van der Waals surface area contributed by atoms with E-state index in [1.807, 2.05) is 0 Å². The van der Waals surface area contributed by atoms with Gasteiger partial charge in [0.2, 0.25) is 5.91 Å². The molecule has 0 heterocycles. The Morgan fingerprint density at radius 3 is 2.42 bits per heavy atom. The number of hydrogen-bond acceptors (Lipinski definition) is 4. The van der Waals surface area contributed by atoms with E-state index < -0.39 is 11.4 Å². The highest BCUT2D eigenvalue weighted by atomic mass is 16.3. The Hall–Kier alpha value is -1.12. The zero-order valence-electron chi connectivity index (χ0n) is 6.87. The zero-order valence-corrected chi connectivity index (χ0v) is 6.87. The molecule has 0 bridgehead atoms. The Morgan fingerprint density at radius 2 is 2.08 bits per heavy atom. The van der Waals surface area contributed by atoms with Gasteiger partial charge in [0.1, 0.15) is 6.42 Å². The number of nitrogens with one attached hydrogen (secondary N) is 1. The summed E-state index contributed by atoms with van der Waals surface area (Å²) >= 11 is 0. The highest BCUT2D eigenvalue weighted by Gasteiger charge is 2.23. The van der Waals surface area contributed by atoms with Crippen LogP contribution >= 0.6 is 0 Å². The summed E-state index contributed by atoms with van der Waals surface area (Å²) in [5.74, 6) is -0.497. The van der Waals surface area contributed by atoms with E-state index in [-0.39, 0.29) is 19.6 Å². The molecule has 0 aromatic carbocycles. The number of rotatable bonds is 4. The molecule has 1 amide bonds. The fourth-order valence-electron chi connectivity index (χ4n) is 0.582. The van der Waals surface area contributed by atoms with Crippen LogP contribution in [0.15, 0.2) is 0 Å². The van der Waals surface area contributed by atoms with Crippen molar-refractivity contribution in [2.75, 3.05) is 13.2 Å². The maximum atomic E-state index is 10.8. The largest absolute Gasteiger partial charge is 0.394 e. The molecule has 0 saturated carbocycles. The van der Waals surface area contributed by atoms with Gasteiger partial charge in [0, 0.05) is 0 Å². The van der Waals surface area contributed by atoms with Crippen LogP contribution in [-0.2, 0) is 4.79 Å². The lowest BCUT2D eigenvalue weighted by molar-refractivity contribution is -0.123. The van der Waals surface area contributed by atoms with Crippen LogP contribution in [0.2, 0.25) is 0 Å². The van der Waals surface area contributed by atoms with Crippen molar-refractivity contribution in [3.63, 3.8) is 0 Å². The average Bonchev–Trinajstić information content (AvgIpc) is 2.05. The molecule has 5 nitrogen and oxygen atoms in total. The summed E-state index contributed by atoms with van der Waals surface area (Å²) in [5.41, 5.74) is -1.03. The number of carbonyl (C=O) groups excluding carboxylic acids is 1. The molecule has 0 atom stereocenters. The van der Waals surface area contributed by atoms with Crippen LogP contribution in [0, 0.1) is 11.3 Å². The van der Waals surface area contributed by atoms with Crippen LogP contribution in [0.4, 0.5) is 0 Å². The van der Waals surface area contributed by atoms with E-state index >= 15 is 0 Å². The summed E-state index contributed by atoms with van der Waals surface area (Å²) in [6.07, 6.45) is -0.268. The molecular formula is C7H12N2O3. The fourth-order valence-corrected chi connectivity index (χ4v) is 0.582. The summed E-state index contributed by atoms with van der Waals surface area (Å²) in [6, 6.07) is 1.66. The first kappa shape index (κ1) is 10.9. The summed E-state index contributed by atoms with van der Waals surface area (Å²) in [5, 5.41) is 28.0. The van der Waals surface area contributed by atoms with E-state index in [1.165, 1.54) is 6.92 Å². The Balaban J connectivity index is 4.04. The van der Waals surface area contributed by atoms with Crippen molar-refractivity contribution in [3.8, 4) is 6.07 Å². The van der Waals surface area contributed by atoms with Crippen LogP contribution in [0.25, 0.3) is 0 Å². The molecule has 0 fully saturated rings. The second-order valence-electron chi connectivity index (χ2n) is 2.76. The lowest BCUT2D eigenvalue weighted by atomic mass is 10.1. The van der Waals surface area contributed by atoms with Crippen LogP contribution < -0.4 is 5.32 Å². The summed E-state index contributed by atoms with van der Waals surface area (Å²) in [4.78, 5) is 10.8. The molecule has 0 aliphatic rings. The number of aliphatic hydroxyl groups is 2. The van der Waals surface area contributed by atoms with Crippen LogP contribution in [0.1, 0.15) is 13.3 Å². The van der Waals surface area contributed by atoms with Crippen LogP contribution in [-0.4, -0.2) is 34.9 Å². The predicted octanol–water partition coefficient (Wildman–Crippen LogP) is -1.24. The Kier molecular flexibility index (Phi) is 4.26. The predicted molar refractivity (Wildman–Crippen MR) is 40.9 cm³/mol. The van der Waals surface area contributed by atoms with E-state index in [9.17, 15) is 4.79 Å². The van der Waals surface area contributed by atoms with E-state index in [0.29, 0.717) is 0 Å². The van der Waals surface area contributed by atoms with Crippen molar-refractivity contribution in [1.29, 1.82) is 5.26 Å².